The third-order valence-electron chi connectivity index (χ3n) is 0. The maximum absolute atomic E-state index is 8.58. The van der Waals surface area contributed by atoms with E-state index in [0.29, 0.717) is 0 Å². The van der Waals surface area contributed by atoms with Gasteiger partial charge in [-0.2, -0.15) is 0 Å². The molecule has 0 bridgehead atoms. The van der Waals surface area contributed by atoms with Gasteiger partial charge in [0.15, 0.2) is 0 Å². The number of hydrogen-bond acceptors (Lipinski definition) is 4. The maximum Gasteiger partial charge on any atom is 2.00 e. The van der Waals surface area contributed by atoms with Crippen LogP contribution in [0.25, 0.3) is 0 Å². The zero-order valence-electron chi connectivity index (χ0n) is 8.25. The topological polar surface area (TPSA) is 92.2 Å². The molecular formula is H4BaMg2O4Si-4. The van der Waals surface area contributed by atoms with Crippen LogP contribution < -0.4 is 19.2 Å². The molecule has 0 aliphatic heterocycles. The molecule has 0 aliphatic rings. The predicted octanol–water partition coefficient (Wildman–Crippen LogP) is -5.83. The van der Waals surface area contributed by atoms with Crippen LogP contribution in [0.1, 0.15) is 5.71 Å². The van der Waals surface area contributed by atoms with E-state index in [4.69, 9.17) is 19.2 Å². The van der Waals surface area contributed by atoms with Crippen LogP contribution in [-0.2, 0) is 0 Å². The molecule has 0 atom stereocenters. The molecule has 0 heterocycles. The van der Waals surface area contributed by atoms with Gasteiger partial charge in [0.2, 0.25) is 0 Å². The zero-order valence-corrected chi connectivity index (χ0v) is 12.5. The first kappa shape index (κ1) is 22.5. The molecule has 8 heteroatoms. The standard InChI is InChI=1S/Ba.2Mg.O4Si.4H/c;;;1-5(2,3)4;;;;/q;2*+2;-4;4*-1. The van der Waals surface area contributed by atoms with Crippen molar-refractivity contribution in [3.63, 3.8) is 0 Å². The van der Waals surface area contributed by atoms with Crippen LogP contribution in [0, 0.1) is 0 Å². The average Bonchev–Trinajstić information content (AvgIpc) is 0.722. The molecule has 0 saturated carbocycles. The molecule has 4 nitrogen and oxygen atoms in total. The average molecular weight is 282 g/mol. The van der Waals surface area contributed by atoms with E-state index in [1.807, 2.05) is 0 Å². The fraction of sp³-hybridized carbons (Fsp3) is 0. The third-order valence-corrected chi connectivity index (χ3v) is 0. The molecular weight excluding hydrogens is 278 g/mol. The molecule has 0 fully saturated rings. The van der Waals surface area contributed by atoms with E-state index in [1.165, 1.54) is 0 Å². The summed E-state index contributed by atoms with van der Waals surface area (Å²) >= 11 is 0. The van der Waals surface area contributed by atoms with Crippen molar-refractivity contribution in [3.8, 4) is 0 Å². The molecule has 2 radical (unpaired) electrons. The summed E-state index contributed by atoms with van der Waals surface area (Å²) in [5, 5.41) is 0. The van der Waals surface area contributed by atoms with Crippen molar-refractivity contribution in [1.29, 1.82) is 0 Å². The Kier molecular flexibility index (Phi) is 28.5. The third kappa shape index (κ3) is 61.1. The first-order chi connectivity index (χ1) is 2.00. The molecule has 0 amide bonds. The van der Waals surface area contributed by atoms with Crippen LogP contribution in [0.2, 0.25) is 0 Å². The van der Waals surface area contributed by atoms with Crippen LogP contribution in [0.3, 0.4) is 0 Å². The minimum atomic E-state index is -5.61. The Labute approximate surface area is 126 Å². The second kappa shape index (κ2) is 10.2. The quantitative estimate of drug-likeness (QED) is 0.414. The first-order valence-electron chi connectivity index (χ1n) is 0.816. The molecule has 42 valence electrons. The first-order valence-corrected chi connectivity index (χ1v) is 2.45. The molecule has 0 spiro atoms. The molecule has 8 heavy (non-hydrogen) atoms. The van der Waals surface area contributed by atoms with E-state index in [1.54, 1.807) is 0 Å². The Hall–Kier alpha value is 3.16. The molecule has 0 aromatic heterocycles. The van der Waals surface area contributed by atoms with Crippen molar-refractivity contribution in [2.24, 2.45) is 0 Å². The van der Waals surface area contributed by atoms with E-state index in [2.05, 4.69) is 0 Å². The summed E-state index contributed by atoms with van der Waals surface area (Å²) in [7, 11) is -5.61. The zero-order chi connectivity index (χ0) is 4.50. The number of hydrogen-bond donors (Lipinski definition) is 0. The summed E-state index contributed by atoms with van der Waals surface area (Å²) in [5.41, 5.74) is 0. The molecule has 0 rings (SSSR count). The van der Waals surface area contributed by atoms with E-state index < -0.39 is 9.05 Å². The van der Waals surface area contributed by atoms with Gasteiger partial charge >= 0.3 is 46.1 Å². The van der Waals surface area contributed by atoms with Crippen LogP contribution >= 0.6 is 0 Å². The van der Waals surface area contributed by atoms with E-state index in [-0.39, 0.29) is 101 Å². The Bertz CT molecular complexity index is 40.5. The van der Waals surface area contributed by atoms with Crippen molar-refractivity contribution in [1.82, 2.24) is 0 Å². The fourth-order valence-corrected chi connectivity index (χ4v) is 0. The van der Waals surface area contributed by atoms with Gasteiger partial charge in [0.25, 0.3) is 0 Å². The second-order valence-corrected chi connectivity index (χ2v) is 1.50. The Balaban J connectivity index is -0.00000000381. The van der Waals surface area contributed by atoms with Gasteiger partial charge in [-0.1, -0.05) is 0 Å². The van der Waals surface area contributed by atoms with Gasteiger partial charge < -0.3 is 33.9 Å². The largest absolute Gasteiger partial charge is 2.00 e. The summed E-state index contributed by atoms with van der Waals surface area (Å²) in [6.07, 6.45) is 0. The normalized spacial score (nSPS) is 7.50. The van der Waals surface area contributed by atoms with Crippen LogP contribution in [-0.4, -0.2) is 104 Å². The van der Waals surface area contributed by atoms with Gasteiger partial charge in [-0.3, -0.25) is 0 Å². The van der Waals surface area contributed by atoms with Crippen molar-refractivity contribution in [2.75, 3.05) is 0 Å². The molecule has 0 N–H and O–H groups in total. The summed E-state index contributed by atoms with van der Waals surface area (Å²) in [6.45, 7) is 0. The van der Waals surface area contributed by atoms with Crippen LogP contribution in [0.15, 0.2) is 0 Å². The molecule has 0 saturated heterocycles. The smallest absolute Gasteiger partial charge is 1.00 e. The summed E-state index contributed by atoms with van der Waals surface area (Å²) < 4.78 is 0. The Morgan fingerprint density at radius 2 is 0.875 bits per heavy atom. The molecule has 0 aliphatic carbocycles. The summed E-state index contributed by atoms with van der Waals surface area (Å²) in [6, 6.07) is 0. The predicted molar refractivity (Wildman–Crippen MR) is 27.5 cm³/mol. The van der Waals surface area contributed by atoms with Crippen LogP contribution in [0.4, 0.5) is 0 Å². The number of rotatable bonds is 0. The minimum absolute atomic E-state index is 0. The summed E-state index contributed by atoms with van der Waals surface area (Å²) in [4.78, 5) is 34.3. The fourth-order valence-electron chi connectivity index (χ4n) is 0. The molecule has 0 unspecified atom stereocenters. The van der Waals surface area contributed by atoms with Crippen LogP contribution in [0.5, 0.6) is 0 Å². The minimum Gasteiger partial charge on any atom is -1.00 e. The van der Waals surface area contributed by atoms with Gasteiger partial charge in [0, 0.05) is 48.9 Å². The van der Waals surface area contributed by atoms with Gasteiger partial charge in [0.1, 0.15) is 0 Å². The van der Waals surface area contributed by atoms with Crippen molar-refractivity contribution >= 4 is 104 Å². The van der Waals surface area contributed by atoms with Gasteiger partial charge in [-0.25, -0.2) is 0 Å². The van der Waals surface area contributed by atoms with Crippen molar-refractivity contribution in [3.05, 3.63) is 0 Å². The van der Waals surface area contributed by atoms with Gasteiger partial charge in [-0.05, 0) is 0 Å². The monoisotopic (exact) mass is 282 g/mol. The van der Waals surface area contributed by atoms with Gasteiger partial charge in [0.05, 0.1) is 0 Å². The second-order valence-electron chi connectivity index (χ2n) is 0.500. The molecule has 0 aromatic rings. The van der Waals surface area contributed by atoms with Gasteiger partial charge in [-0.15, -0.1) is 0 Å². The summed E-state index contributed by atoms with van der Waals surface area (Å²) in [5.74, 6) is 0. The van der Waals surface area contributed by atoms with E-state index in [0.717, 1.165) is 0 Å². The van der Waals surface area contributed by atoms with Crippen molar-refractivity contribution < 1.29 is 24.9 Å². The van der Waals surface area contributed by atoms with E-state index in [9.17, 15) is 0 Å². The molecule has 0 aromatic carbocycles. The van der Waals surface area contributed by atoms with Crippen molar-refractivity contribution in [2.45, 2.75) is 0 Å². The SMILES string of the molecule is [Ba].[H-].[H-].[H-].[H-].[Mg+2].[Mg+2].[O-][Si]([O-])([O-])[O-]. The van der Waals surface area contributed by atoms with E-state index >= 15 is 0 Å². The Morgan fingerprint density at radius 1 is 0.875 bits per heavy atom. The maximum atomic E-state index is 8.58. The Morgan fingerprint density at radius 3 is 0.875 bits per heavy atom.